The normalized spacial score (nSPS) is 10.0. The molecule has 0 aliphatic rings. The summed E-state index contributed by atoms with van der Waals surface area (Å²) in [5.74, 6) is 0.965. The Labute approximate surface area is 123 Å². The average molecular weight is 286 g/mol. The molecule has 0 saturated heterocycles. The third kappa shape index (κ3) is 3.95. The first-order chi connectivity index (χ1) is 10.2. The minimum absolute atomic E-state index is 0.171. The van der Waals surface area contributed by atoms with E-state index in [0.717, 1.165) is 5.56 Å². The summed E-state index contributed by atoms with van der Waals surface area (Å²) < 4.78 is 10.4. The molecule has 2 aromatic rings. The molecule has 0 atom stereocenters. The molecule has 2 rings (SSSR count). The summed E-state index contributed by atoms with van der Waals surface area (Å²) in [6.07, 6.45) is 1.67. The highest BCUT2D eigenvalue weighted by molar-refractivity contribution is 5.96. The number of carbonyl (C=O) groups is 1. The first-order valence-corrected chi connectivity index (χ1v) is 6.73. The second kappa shape index (κ2) is 7.28. The summed E-state index contributed by atoms with van der Waals surface area (Å²) in [5, 5.41) is 2.85. The first kappa shape index (κ1) is 14.8. The van der Waals surface area contributed by atoms with Crippen LogP contribution in [0.15, 0.2) is 42.6 Å². The highest BCUT2D eigenvalue weighted by Crippen LogP contribution is 2.17. The van der Waals surface area contributed by atoms with Gasteiger partial charge in [0.15, 0.2) is 0 Å². The Kier molecular flexibility index (Phi) is 5.15. The van der Waals surface area contributed by atoms with Crippen molar-refractivity contribution in [1.82, 2.24) is 10.3 Å². The molecule has 0 spiro atoms. The molecule has 0 saturated carbocycles. The van der Waals surface area contributed by atoms with Gasteiger partial charge in [-0.1, -0.05) is 18.2 Å². The third-order valence-corrected chi connectivity index (χ3v) is 2.89. The summed E-state index contributed by atoms with van der Waals surface area (Å²) in [6, 6.07) is 10.8. The van der Waals surface area contributed by atoms with Gasteiger partial charge in [-0.15, -0.1) is 0 Å². The van der Waals surface area contributed by atoms with Crippen molar-refractivity contribution in [2.45, 2.75) is 13.5 Å². The van der Waals surface area contributed by atoms with Gasteiger partial charge in [-0.2, -0.15) is 0 Å². The van der Waals surface area contributed by atoms with E-state index in [1.165, 1.54) is 0 Å². The topological polar surface area (TPSA) is 60.5 Å². The van der Waals surface area contributed by atoms with Crippen molar-refractivity contribution in [2.24, 2.45) is 0 Å². The number of amides is 1. The lowest BCUT2D eigenvalue weighted by molar-refractivity contribution is 0.0947. The second-order valence-electron chi connectivity index (χ2n) is 4.32. The highest BCUT2D eigenvalue weighted by Gasteiger charge is 2.11. The molecular formula is C16H18N2O3. The van der Waals surface area contributed by atoms with Crippen molar-refractivity contribution >= 4 is 5.91 Å². The van der Waals surface area contributed by atoms with Crippen LogP contribution in [0.5, 0.6) is 11.6 Å². The molecule has 21 heavy (non-hydrogen) atoms. The maximum Gasteiger partial charge on any atom is 0.255 e. The molecule has 5 heteroatoms. The van der Waals surface area contributed by atoms with Gasteiger partial charge in [-0.3, -0.25) is 4.79 Å². The van der Waals surface area contributed by atoms with Crippen LogP contribution < -0.4 is 14.8 Å². The Hall–Kier alpha value is -2.56. The number of rotatable bonds is 6. The van der Waals surface area contributed by atoms with Gasteiger partial charge in [0, 0.05) is 18.8 Å². The minimum atomic E-state index is -0.171. The van der Waals surface area contributed by atoms with E-state index in [1.807, 2.05) is 25.1 Å². The third-order valence-electron chi connectivity index (χ3n) is 2.89. The van der Waals surface area contributed by atoms with E-state index < -0.39 is 0 Å². The zero-order valence-corrected chi connectivity index (χ0v) is 12.1. The van der Waals surface area contributed by atoms with Gasteiger partial charge < -0.3 is 14.8 Å². The number of para-hydroxylation sites is 1. The van der Waals surface area contributed by atoms with Crippen LogP contribution in [0.2, 0.25) is 0 Å². The summed E-state index contributed by atoms with van der Waals surface area (Å²) in [6.45, 7) is 2.81. The maximum absolute atomic E-state index is 12.2. The fourth-order valence-electron chi connectivity index (χ4n) is 1.85. The van der Waals surface area contributed by atoms with Gasteiger partial charge in [0.1, 0.15) is 5.75 Å². The Morgan fingerprint density at radius 2 is 2.05 bits per heavy atom. The van der Waals surface area contributed by atoms with E-state index in [-0.39, 0.29) is 5.91 Å². The molecule has 0 radical (unpaired) electrons. The fourth-order valence-corrected chi connectivity index (χ4v) is 1.85. The van der Waals surface area contributed by atoms with Gasteiger partial charge in [0.25, 0.3) is 5.91 Å². The number of carbonyl (C=O) groups excluding carboxylic acids is 1. The summed E-state index contributed by atoms with van der Waals surface area (Å²) in [4.78, 5) is 16.3. The molecule has 1 heterocycles. The Morgan fingerprint density at radius 1 is 1.24 bits per heavy atom. The van der Waals surface area contributed by atoms with Crippen LogP contribution in [0.25, 0.3) is 0 Å². The predicted molar refractivity (Wildman–Crippen MR) is 79.6 cm³/mol. The standard InChI is InChI=1S/C16H18N2O3/c1-3-21-14-7-5-4-6-13(14)16(19)18-11-12-8-9-15(20-2)17-10-12/h4-10H,3,11H2,1-2H3,(H,18,19). The number of pyridine rings is 1. The van der Waals surface area contributed by atoms with Gasteiger partial charge >= 0.3 is 0 Å². The Balaban J connectivity index is 2.01. The van der Waals surface area contributed by atoms with Crippen molar-refractivity contribution in [3.8, 4) is 11.6 Å². The van der Waals surface area contributed by atoms with Gasteiger partial charge in [-0.25, -0.2) is 4.98 Å². The lowest BCUT2D eigenvalue weighted by Crippen LogP contribution is -2.23. The summed E-state index contributed by atoms with van der Waals surface area (Å²) >= 11 is 0. The van der Waals surface area contributed by atoms with E-state index in [2.05, 4.69) is 10.3 Å². The van der Waals surface area contributed by atoms with Crippen LogP contribution in [0.1, 0.15) is 22.8 Å². The van der Waals surface area contributed by atoms with Crippen molar-refractivity contribution in [3.05, 3.63) is 53.7 Å². The second-order valence-corrected chi connectivity index (χ2v) is 4.32. The van der Waals surface area contributed by atoms with E-state index in [9.17, 15) is 4.79 Å². The van der Waals surface area contributed by atoms with Crippen LogP contribution >= 0.6 is 0 Å². The molecule has 0 aliphatic carbocycles. The lowest BCUT2D eigenvalue weighted by atomic mass is 10.2. The highest BCUT2D eigenvalue weighted by atomic mass is 16.5. The zero-order chi connectivity index (χ0) is 15.1. The van der Waals surface area contributed by atoms with Crippen LogP contribution in [-0.4, -0.2) is 24.6 Å². The smallest absolute Gasteiger partial charge is 0.255 e. The molecule has 110 valence electrons. The maximum atomic E-state index is 12.2. The van der Waals surface area contributed by atoms with Crippen molar-refractivity contribution in [3.63, 3.8) is 0 Å². The molecule has 1 aromatic carbocycles. The van der Waals surface area contributed by atoms with E-state index in [4.69, 9.17) is 9.47 Å². The average Bonchev–Trinajstić information content (AvgIpc) is 2.54. The molecule has 0 unspecified atom stereocenters. The molecule has 0 bridgehead atoms. The van der Waals surface area contributed by atoms with Crippen molar-refractivity contribution in [1.29, 1.82) is 0 Å². The Bertz CT molecular complexity index is 597. The number of benzene rings is 1. The zero-order valence-electron chi connectivity index (χ0n) is 12.1. The molecule has 1 N–H and O–H groups in total. The summed E-state index contributed by atoms with van der Waals surface area (Å²) in [7, 11) is 1.56. The predicted octanol–water partition coefficient (Wildman–Crippen LogP) is 2.42. The van der Waals surface area contributed by atoms with E-state index >= 15 is 0 Å². The molecule has 1 amide bonds. The number of aromatic nitrogens is 1. The monoisotopic (exact) mass is 286 g/mol. The molecule has 1 aromatic heterocycles. The van der Waals surface area contributed by atoms with Crippen molar-refractivity contribution < 1.29 is 14.3 Å². The Morgan fingerprint density at radius 3 is 2.71 bits per heavy atom. The molecule has 5 nitrogen and oxygen atoms in total. The van der Waals surface area contributed by atoms with E-state index in [1.54, 1.807) is 31.5 Å². The first-order valence-electron chi connectivity index (χ1n) is 6.73. The number of nitrogens with zero attached hydrogens (tertiary/aromatic N) is 1. The van der Waals surface area contributed by atoms with Crippen LogP contribution in [0.3, 0.4) is 0 Å². The van der Waals surface area contributed by atoms with Crippen molar-refractivity contribution in [2.75, 3.05) is 13.7 Å². The largest absolute Gasteiger partial charge is 0.493 e. The molecule has 0 aliphatic heterocycles. The minimum Gasteiger partial charge on any atom is -0.493 e. The number of hydrogen-bond acceptors (Lipinski definition) is 4. The SMILES string of the molecule is CCOc1ccccc1C(=O)NCc1ccc(OC)nc1. The summed E-state index contributed by atoms with van der Waals surface area (Å²) in [5.41, 5.74) is 1.43. The number of methoxy groups -OCH3 is 1. The van der Waals surface area contributed by atoms with Gasteiger partial charge in [0.2, 0.25) is 5.88 Å². The molecular weight excluding hydrogens is 268 g/mol. The lowest BCUT2D eigenvalue weighted by Gasteiger charge is -2.10. The number of ether oxygens (including phenoxy) is 2. The number of nitrogens with one attached hydrogen (secondary N) is 1. The van der Waals surface area contributed by atoms with Crippen LogP contribution in [-0.2, 0) is 6.54 Å². The van der Waals surface area contributed by atoms with Crippen LogP contribution in [0.4, 0.5) is 0 Å². The quantitative estimate of drug-likeness (QED) is 0.886. The van der Waals surface area contributed by atoms with E-state index in [0.29, 0.717) is 30.3 Å². The van der Waals surface area contributed by atoms with Gasteiger partial charge in [0.05, 0.1) is 19.3 Å². The molecule has 0 fully saturated rings. The van der Waals surface area contributed by atoms with Crippen LogP contribution in [0, 0.1) is 0 Å². The van der Waals surface area contributed by atoms with Gasteiger partial charge in [-0.05, 0) is 24.6 Å². The fraction of sp³-hybridized carbons (Fsp3) is 0.250. The number of hydrogen-bond donors (Lipinski definition) is 1.